The van der Waals surface area contributed by atoms with E-state index < -0.39 is 0 Å². The van der Waals surface area contributed by atoms with Crippen molar-refractivity contribution in [2.24, 2.45) is 0 Å². The first-order valence-corrected chi connectivity index (χ1v) is 11.4. The van der Waals surface area contributed by atoms with Crippen molar-refractivity contribution >= 4 is 38.8 Å². The Morgan fingerprint density at radius 2 is 2.16 bits per heavy atom. The number of aromatic nitrogens is 1. The van der Waals surface area contributed by atoms with Crippen molar-refractivity contribution in [1.29, 1.82) is 5.26 Å². The van der Waals surface area contributed by atoms with Crippen LogP contribution in [-0.4, -0.2) is 36.3 Å². The molecular weight excluding hydrogens is 470 g/mol. The van der Waals surface area contributed by atoms with Crippen LogP contribution in [0.1, 0.15) is 18.4 Å². The second-order valence-corrected chi connectivity index (χ2v) is 8.53. The lowest BCUT2D eigenvalue weighted by molar-refractivity contribution is -0.117. The average molecular weight is 494 g/mol. The topological polar surface area (TPSA) is 76.3 Å². The predicted octanol–water partition coefficient (Wildman–Crippen LogP) is 4.68. The molecular formula is C25H24BrN3O3. The zero-order valence-corrected chi connectivity index (χ0v) is 19.2. The molecule has 1 saturated heterocycles. The number of nitrogens with one attached hydrogen (secondary N) is 1. The van der Waals surface area contributed by atoms with Gasteiger partial charge in [0.25, 0.3) is 5.91 Å². The zero-order valence-electron chi connectivity index (χ0n) is 17.6. The smallest absolute Gasteiger partial charge is 0.262 e. The summed E-state index contributed by atoms with van der Waals surface area (Å²) in [6, 6.07) is 17.7. The molecule has 1 atom stereocenters. The average Bonchev–Trinajstić information content (AvgIpc) is 3.44. The van der Waals surface area contributed by atoms with Crippen LogP contribution >= 0.6 is 15.9 Å². The number of carbonyl (C=O) groups is 1. The van der Waals surface area contributed by atoms with Gasteiger partial charge >= 0.3 is 0 Å². The van der Waals surface area contributed by atoms with Crippen LogP contribution < -0.4 is 10.1 Å². The van der Waals surface area contributed by atoms with Crippen molar-refractivity contribution in [2.75, 3.05) is 19.8 Å². The number of hydrogen-bond donors (Lipinski definition) is 1. The maximum Gasteiger partial charge on any atom is 0.262 e. The Morgan fingerprint density at radius 1 is 1.31 bits per heavy atom. The van der Waals surface area contributed by atoms with E-state index in [0.29, 0.717) is 19.7 Å². The molecule has 0 saturated carbocycles. The first-order valence-electron chi connectivity index (χ1n) is 10.6. The highest BCUT2D eigenvalue weighted by Crippen LogP contribution is 2.27. The number of nitrogens with zero attached hydrogens (tertiary/aromatic N) is 2. The molecule has 1 aromatic heterocycles. The summed E-state index contributed by atoms with van der Waals surface area (Å²) in [7, 11) is 0. The Bertz CT molecular complexity index is 1160. The highest BCUT2D eigenvalue weighted by atomic mass is 79.9. The number of benzene rings is 2. The molecule has 6 nitrogen and oxygen atoms in total. The fourth-order valence-electron chi connectivity index (χ4n) is 3.79. The number of rotatable bonds is 8. The summed E-state index contributed by atoms with van der Waals surface area (Å²) in [6.07, 6.45) is 5.56. The van der Waals surface area contributed by atoms with E-state index in [9.17, 15) is 10.1 Å². The van der Waals surface area contributed by atoms with Gasteiger partial charge in [0.2, 0.25) is 0 Å². The van der Waals surface area contributed by atoms with Crippen molar-refractivity contribution in [3.63, 3.8) is 0 Å². The molecule has 1 fully saturated rings. The minimum Gasteiger partial charge on any atom is -0.492 e. The van der Waals surface area contributed by atoms with Crippen LogP contribution in [0.5, 0.6) is 5.75 Å². The molecule has 4 rings (SSSR count). The summed E-state index contributed by atoms with van der Waals surface area (Å²) in [4.78, 5) is 12.6. The second-order valence-electron chi connectivity index (χ2n) is 7.62. The molecule has 0 unspecified atom stereocenters. The summed E-state index contributed by atoms with van der Waals surface area (Å²) < 4.78 is 14.4. The molecule has 0 aliphatic carbocycles. The highest BCUT2D eigenvalue weighted by Gasteiger charge is 2.18. The molecule has 32 heavy (non-hydrogen) atoms. The number of fused-ring (bicyclic) bond motifs is 1. The standard InChI is InChI=1S/C25H24BrN3O3/c26-20-8-9-24-23(14-20)19(17-29(24)10-12-32-21-5-2-1-3-6-21)13-18(15-27)25(30)28-16-22-7-4-11-31-22/h1-3,5-6,8-9,13-14,17,22H,4,7,10-12,16H2,(H,28,30)/b18-13+/t22-/m0/s1. The molecule has 1 aliphatic heterocycles. The monoisotopic (exact) mass is 493 g/mol. The van der Waals surface area contributed by atoms with Crippen LogP contribution in [0.4, 0.5) is 0 Å². The van der Waals surface area contributed by atoms with Gasteiger partial charge in [-0.25, -0.2) is 0 Å². The SMILES string of the molecule is N#C/C(=C\c1cn(CCOc2ccccc2)c2ccc(Br)cc12)C(=O)NC[C@@H]1CCCO1. The van der Waals surface area contributed by atoms with E-state index in [4.69, 9.17) is 9.47 Å². The third-order valence-electron chi connectivity index (χ3n) is 5.40. The Kier molecular flexibility index (Phi) is 7.25. The minimum absolute atomic E-state index is 0.0291. The van der Waals surface area contributed by atoms with Crippen molar-refractivity contribution in [1.82, 2.24) is 9.88 Å². The van der Waals surface area contributed by atoms with E-state index >= 15 is 0 Å². The van der Waals surface area contributed by atoms with Crippen molar-refractivity contribution < 1.29 is 14.3 Å². The van der Waals surface area contributed by atoms with Crippen molar-refractivity contribution in [3.05, 3.63) is 70.3 Å². The van der Waals surface area contributed by atoms with Gasteiger partial charge in [-0.05, 0) is 49.2 Å². The molecule has 7 heteroatoms. The van der Waals surface area contributed by atoms with Gasteiger partial charge in [-0.1, -0.05) is 34.1 Å². The van der Waals surface area contributed by atoms with Gasteiger partial charge in [-0.2, -0.15) is 5.26 Å². The van der Waals surface area contributed by atoms with Gasteiger partial charge in [0.15, 0.2) is 0 Å². The van der Waals surface area contributed by atoms with Gasteiger partial charge in [0.1, 0.15) is 24.0 Å². The molecule has 1 amide bonds. The zero-order chi connectivity index (χ0) is 22.3. The number of hydrogen-bond acceptors (Lipinski definition) is 4. The largest absolute Gasteiger partial charge is 0.492 e. The van der Waals surface area contributed by atoms with Crippen LogP contribution in [-0.2, 0) is 16.1 Å². The molecule has 2 aromatic carbocycles. The molecule has 2 heterocycles. The van der Waals surface area contributed by atoms with E-state index in [-0.39, 0.29) is 17.6 Å². The summed E-state index contributed by atoms with van der Waals surface area (Å²) in [5.74, 6) is 0.438. The molecule has 0 bridgehead atoms. The lowest BCUT2D eigenvalue weighted by Gasteiger charge is -2.10. The maximum absolute atomic E-state index is 12.6. The third kappa shape index (κ3) is 5.39. The number of nitriles is 1. The number of para-hydroxylation sites is 1. The van der Waals surface area contributed by atoms with Crippen LogP contribution in [0.2, 0.25) is 0 Å². The summed E-state index contributed by atoms with van der Waals surface area (Å²) in [5.41, 5.74) is 1.89. The van der Waals surface area contributed by atoms with Crippen LogP contribution in [0, 0.1) is 11.3 Å². The Labute approximate surface area is 195 Å². The predicted molar refractivity (Wildman–Crippen MR) is 127 cm³/mol. The van der Waals surface area contributed by atoms with Crippen LogP contribution in [0.25, 0.3) is 17.0 Å². The number of amides is 1. The number of halogens is 1. The second kappa shape index (κ2) is 10.5. The Balaban J connectivity index is 1.53. The van der Waals surface area contributed by atoms with E-state index in [1.165, 1.54) is 0 Å². The van der Waals surface area contributed by atoms with Gasteiger partial charge in [0, 0.05) is 40.3 Å². The molecule has 1 aliphatic rings. The normalized spacial score (nSPS) is 16.1. The van der Waals surface area contributed by atoms with Gasteiger partial charge in [-0.3, -0.25) is 4.79 Å². The van der Waals surface area contributed by atoms with Gasteiger partial charge in [-0.15, -0.1) is 0 Å². The number of carbonyl (C=O) groups excluding carboxylic acids is 1. The number of ether oxygens (including phenoxy) is 2. The summed E-state index contributed by atoms with van der Waals surface area (Å²) >= 11 is 3.52. The summed E-state index contributed by atoms with van der Waals surface area (Å²) in [5, 5.41) is 13.4. The van der Waals surface area contributed by atoms with Crippen molar-refractivity contribution in [3.8, 4) is 11.8 Å². The van der Waals surface area contributed by atoms with Gasteiger partial charge < -0.3 is 19.4 Å². The maximum atomic E-state index is 12.6. The van der Waals surface area contributed by atoms with E-state index in [1.807, 2.05) is 60.8 Å². The van der Waals surface area contributed by atoms with Crippen LogP contribution in [0.15, 0.2) is 64.8 Å². The lowest BCUT2D eigenvalue weighted by Crippen LogP contribution is -2.32. The molecule has 164 valence electrons. The minimum atomic E-state index is -0.383. The molecule has 3 aromatic rings. The fraction of sp³-hybridized carbons (Fsp3) is 0.280. The van der Waals surface area contributed by atoms with Crippen LogP contribution in [0.3, 0.4) is 0 Å². The van der Waals surface area contributed by atoms with Gasteiger partial charge in [0.05, 0.1) is 12.6 Å². The summed E-state index contributed by atoms with van der Waals surface area (Å²) in [6.45, 7) is 2.28. The molecule has 1 N–H and O–H groups in total. The lowest BCUT2D eigenvalue weighted by atomic mass is 10.1. The Hall–Kier alpha value is -3.08. The molecule has 0 spiro atoms. The Morgan fingerprint density at radius 3 is 2.91 bits per heavy atom. The van der Waals surface area contributed by atoms with E-state index in [2.05, 4.69) is 25.8 Å². The first-order chi connectivity index (χ1) is 15.6. The van der Waals surface area contributed by atoms with E-state index in [0.717, 1.165) is 46.1 Å². The van der Waals surface area contributed by atoms with Crippen molar-refractivity contribution in [2.45, 2.75) is 25.5 Å². The molecule has 0 radical (unpaired) electrons. The first kappa shape index (κ1) is 22.1. The fourth-order valence-corrected chi connectivity index (χ4v) is 4.15. The quantitative estimate of drug-likeness (QED) is 0.364. The van der Waals surface area contributed by atoms with E-state index in [1.54, 1.807) is 6.08 Å². The highest BCUT2D eigenvalue weighted by molar-refractivity contribution is 9.10. The third-order valence-corrected chi connectivity index (χ3v) is 5.89.